The average molecular weight is 199 g/mol. The molecule has 0 amide bonds. The lowest BCUT2D eigenvalue weighted by Gasteiger charge is -1.97. The molecule has 1 aromatic rings. The van der Waals surface area contributed by atoms with Crippen LogP contribution >= 0.6 is 24.2 Å². The van der Waals surface area contributed by atoms with Crippen LogP contribution in [0.2, 0.25) is 5.02 Å². The molecule has 0 aliphatic carbocycles. The van der Waals surface area contributed by atoms with E-state index in [4.69, 9.17) is 11.6 Å². The quantitative estimate of drug-likeness (QED) is 0.484. The molecule has 1 aromatic carbocycles. The summed E-state index contributed by atoms with van der Waals surface area (Å²) in [5.41, 5.74) is 0.630. The van der Waals surface area contributed by atoms with Crippen LogP contribution in [-0.2, 0) is 0 Å². The van der Waals surface area contributed by atoms with Crippen molar-refractivity contribution in [2.45, 2.75) is 0 Å². The summed E-state index contributed by atoms with van der Waals surface area (Å²) in [6.45, 7) is 0. The van der Waals surface area contributed by atoms with E-state index in [1.807, 2.05) is 0 Å². The summed E-state index contributed by atoms with van der Waals surface area (Å²) in [5.74, 6) is 6.07. The Kier molecular flexibility index (Phi) is 3.33. The van der Waals surface area contributed by atoms with Gasteiger partial charge in [0.1, 0.15) is 5.75 Å². The van der Waals surface area contributed by atoms with Crippen LogP contribution in [0.5, 0.6) is 5.75 Å². The van der Waals surface area contributed by atoms with Crippen LogP contribution in [0, 0.1) is 11.8 Å². The van der Waals surface area contributed by atoms with Crippen molar-refractivity contribution in [1.82, 2.24) is 0 Å². The highest BCUT2D eigenvalue weighted by Crippen LogP contribution is 2.25. The molecule has 0 bridgehead atoms. The van der Waals surface area contributed by atoms with Crippen molar-refractivity contribution in [3.05, 3.63) is 28.8 Å². The Balaban J connectivity index is 3.08. The van der Waals surface area contributed by atoms with E-state index < -0.39 is 0 Å². The monoisotopic (exact) mass is 198 g/mol. The average Bonchev–Trinajstić information content (AvgIpc) is 2.08. The second kappa shape index (κ2) is 4.30. The standard InChI is InChI=1S/C9H7ClOS/c10-9-7(4-2-6-12)3-1-5-8(9)11/h1,3,5,11-12H,6H2. The highest BCUT2D eigenvalue weighted by molar-refractivity contribution is 7.80. The minimum Gasteiger partial charge on any atom is -0.506 e. The molecule has 0 unspecified atom stereocenters. The molecule has 0 aromatic heterocycles. The topological polar surface area (TPSA) is 20.2 Å². The first-order valence-corrected chi connectivity index (χ1v) is 4.34. The van der Waals surface area contributed by atoms with Crippen molar-refractivity contribution >= 4 is 24.2 Å². The van der Waals surface area contributed by atoms with E-state index >= 15 is 0 Å². The van der Waals surface area contributed by atoms with Crippen LogP contribution in [0.3, 0.4) is 0 Å². The van der Waals surface area contributed by atoms with Gasteiger partial charge in [0.25, 0.3) is 0 Å². The number of phenols is 1. The number of hydrogen-bond acceptors (Lipinski definition) is 2. The lowest BCUT2D eigenvalue weighted by molar-refractivity contribution is 0.475. The molecule has 1 nitrogen and oxygen atoms in total. The number of phenolic OH excluding ortho intramolecular Hbond substituents is 1. The molecule has 62 valence electrons. The maximum atomic E-state index is 9.18. The first-order valence-electron chi connectivity index (χ1n) is 3.33. The van der Waals surface area contributed by atoms with Gasteiger partial charge in [-0.15, -0.1) is 0 Å². The van der Waals surface area contributed by atoms with Gasteiger partial charge in [-0.05, 0) is 12.1 Å². The molecular formula is C9H7ClOS. The lowest BCUT2D eigenvalue weighted by Crippen LogP contribution is -1.77. The maximum Gasteiger partial charge on any atom is 0.135 e. The van der Waals surface area contributed by atoms with E-state index in [0.717, 1.165) is 0 Å². The minimum absolute atomic E-state index is 0.0580. The Labute approximate surface area is 81.8 Å². The Bertz CT molecular complexity index is 338. The first-order chi connectivity index (χ1) is 5.75. The van der Waals surface area contributed by atoms with Crippen molar-refractivity contribution < 1.29 is 5.11 Å². The van der Waals surface area contributed by atoms with Gasteiger partial charge in [0.15, 0.2) is 0 Å². The normalized spacial score (nSPS) is 8.83. The van der Waals surface area contributed by atoms with Crippen LogP contribution in [0.15, 0.2) is 18.2 Å². The fourth-order valence-electron chi connectivity index (χ4n) is 0.751. The molecular weight excluding hydrogens is 192 g/mol. The van der Waals surface area contributed by atoms with Gasteiger partial charge in [0, 0.05) is 5.56 Å². The Morgan fingerprint density at radius 3 is 2.92 bits per heavy atom. The van der Waals surface area contributed by atoms with E-state index in [9.17, 15) is 5.11 Å². The molecule has 1 N–H and O–H groups in total. The molecule has 0 fully saturated rings. The van der Waals surface area contributed by atoms with Crippen LogP contribution < -0.4 is 0 Å². The van der Waals surface area contributed by atoms with Gasteiger partial charge in [0.2, 0.25) is 0 Å². The number of benzene rings is 1. The van der Waals surface area contributed by atoms with Crippen molar-refractivity contribution in [3.8, 4) is 17.6 Å². The zero-order valence-electron chi connectivity index (χ0n) is 6.21. The molecule has 0 heterocycles. The van der Waals surface area contributed by atoms with Gasteiger partial charge >= 0.3 is 0 Å². The molecule has 0 spiro atoms. The SMILES string of the molecule is Oc1cccc(C#CCS)c1Cl. The van der Waals surface area contributed by atoms with E-state index in [-0.39, 0.29) is 5.75 Å². The van der Waals surface area contributed by atoms with Gasteiger partial charge in [-0.1, -0.05) is 29.5 Å². The summed E-state index contributed by atoms with van der Waals surface area (Å²) < 4.78 is 0. The smallest absolute Gasteiger partial charge is 0.135 e. The number of thiol groups is 1. The predicted molar refractivity (Wildman–Crippen MR) is 53.8 cm³/mol. The van der Waals surface area contributed by atoms with E-state index in [1.165, 1.54) is 6.07 Å². The van der Waals surface area contributed by atoms with Gasteiger partial charge in [-0.3, -0.25) is 0 Å². The highest BCUT2D eigenvalue weighted by Gasteiger charge is 2.00. The van der Waals surface area contributed by atoms with Crippen molar-refractivity contribution in [3.63, 3.8) is 0 Å². The van der Waals surface area contributed by atoms with Gasteiger partial charge in [-0.2, -0.15) is 12.6 Å². The summed E-state index contributed by atoms with van der Waals surface area (Å²) in [7, 11) is 0. The summed E-state index contributed by atoms with van der Waals surface area (Å²) in [5, 5.41) is 9.48. The Morgan fingerprint density at radius 2 is 2.25 bits per heavy atom. The third-order valence-electron chi connectivity index (χ3n) is 1.28. The molecule has 0 aliphatic rings. The second-order valence-electron chi connectivity index (χ2n) is 2.10. The van der Waals surface area contributed by atoms with Crippen LogP contribution in [-0.4, -0.2) is 10.9 Å². The summed E-state index contributed by atoms with van der Waals surface area (Å²) in [6.07, 6.45) is 0. The van der Waals surface area contributed by atoms with Crippen molar-refractivity contribution in [2.24, 2.45) is 0 Å². The molecule has 0 saturated heterocycles. The van der Waals surface area contributed by atoms with Crippen LogP contribution in [0.4, 0.5) is 0 Å². The third kappa shape index (κ3) is 2.10. The van der Waals surface area contributed by atoms with Crippen LogP contribution in [0.1, 0.15) is 5.56 Å². The number of halogens is 1. The summed E-state index contributed by atoms with van der Waals surface area (Å²) in [6, 6.07) is 4.97. The summed E-state index contributed by atoms with van der Waals surface area (Å²) >= 11 is 9.68. The third-order valence-corrected chi connectivity index (χ3v) is 1.84. The fraction of sp³-hybridized carbons (Fsp3) is 0.111. The Morgan fingerprint density at radius 1 is 1.50 bits per heavy atom. The van der Waals surface area contributed by atoms with Crippen molar-refractivity contribution in [2.75, 3.05) is 5.75 Å². The molecule has 3 heteroatoms. The Hall–Kier alpha value is -0.780. The van der Waals surface area contributed by atoms with Gasteiger partial charge in [-0.25, -0.2) is 0 Å². The second-order valence-corrected chi connectivity index (χ2v) is 2.79. The van der Waals surface area contributed by atoms with Crippen LogP contribution in [0.25, 0.3) is 0 Å². The lowest BCUT2D eigenvalue weighted by atomic mass is 10.2. The predicted octanol–water partition coefficient (Wildman–Crippen LogP) is 2.33. The van der Waals surface area contributed by atoms with Crippen molar-refractivity contribution in [1.29, 1.82) is 0 Å². The molecule has 0 saturated carbocycles. The first kappa shape index (κ1) is 9.31. The maximum absolute atomic E-state index is 9.18. The molecule has 1 rings (SSSR count). The zero-order chi connectivity index (χ0) is 8.97. The highest BCUT2D eigenvalue weighted by atomic mass is 35.5. The largest absolute Gasteiger partial charge is 0.506 e. The van der Waals surface area contributed by atoms with Gasteiger partial charge < -0.3 is 5.11 Å². The minimum atomic E-state index is 0.0580. The van der Waals surface area contributed by atoms with E-state index in [1.54, 1.807) is 12.1 Å². The van der Waals surface area contributed by atoms with E-state index in [0.29, 0.717) is 16.3 Å². The number of rotatable bonds is 0. The number of hydrogen-bond donors (Lipinski definition) is 2. The van der Waals surface area contributed by atoms with Gasteiger partial charge in [0.05, 0.1) is 10.8 Å². The summed E-state index contributed by atoms with van der Waals surface area (Å²) in [4.78, 5) is 0. The number of aromatic hydroxyl groups is 1. The molecule has 12 heavy (non-hydrogen) atoms. The molecule has 0 atom stereocenters. The molecule has 0 aliphatic heterocycles. The van der Waals surface area contributed by atoms with E-state index in [2.05, 4.69) is 24.5 Å². The molecule has 0 radical (unpaired) electrons. The fourth-order valence-corrected chi connectivity index (χ4v) is 1.00. The zero-order valence-corrected chi connectivity index (χ0v) is 7.86.